The molecule has 0 aromatic heterocycles. The van der Waals surface area contributed by atoms with Gasteiger partial charge in [0.2, 0.25) is 5.75 Å². The predicted molar refractivity (Wildman–Crippen MR) is 76.1 cm³/mol. The van der Waals surface area contributed by atoms with Crippen molar-refractivity contribution in [1.82, 2.24) is 0 Å². The minimum Gasteiger partial charge on any atom is -0.493 e. The fraction of sp³-hybridized carbons (Fsp3) is 0.533. The molecule has 5 nitrogen and oxygen atoms in total. The summed E-state index contributed by atoms with van der Waals surface area (Å²) in [5.74, 6) is 1.35. The minimum atomic E-state index is -0.127. The van der Waals surface area contributed by atoms with Gasteiger partial charge in [-0.1, -0.05) is 6.92 Å². The third-order valence-corrected chi connectivity index (χ3v) is 3.15. The molecule has 1 rings (SSSR count). The van der Waals surface area contributed by atoms with Crippen molar-refractivity contribution in [1.29, 1.82) is 0 Å². The molecule has 0 N–H and O–H groups in total. The molecule has 0 spiro atoms. The Kier molecular flexibility index (Phi) is 6.31. The number of hydrogen-bond acceptors (Lipinski definition) is 5. The molecule has 0 saturated carbocycles. The monoisotopic (exact) mass is 282 g/mol. The van der Waals surface area contributed by atoms with Crippen molar-refractivity contribution in [3.8, 4) is 17.2 Å². The fourth-order valence-corrected chi connectivity index (χ4v) is 1.93. The highest BCUT2D eigenvalue weighted by atomic mass is 16.5. The molecule has 0 heterocycles. The second-order valence-electron chi connectivity index (χ2n) is 4.46. The molecule has 0 amide bonds. The lowest BCUT2D eigenvalue weighted by Crippen LogP contribution is -2.14. The SMILES string of the molecule is COCCC(C)C(=O)c1cc(OC)c(OC)c(OC)c1. The van der Waals surface area contributed by atoms with Gasteiger partial charge in [0, 0.05) is 25.2 Å². The summed E-state index contributed by atoms with van der Waals surface area (Å²) in [7, 11) is 6.21. The first-order valence-corrected chi connectivity index (χ1v) is 6.42. The van der Waals surface area contributed by atoms with Crippen molar-refractivity contribution in [2.45, 2.75) is 13.3 Å². The van der Waals surface area contributed by atoms with Crippen LogP contribution in [-0.2, 0) is 4.74 Å². The molecule has 0 aliphatic rings. The highest BCUT2D eigenvalue weighted by molar-refractivity contribution is 5.98. The van der Waals surface area contributed by atoms with Crippen molar-refractivity contribution in [3.63, 3.8) is 0 Å². The maximum atomic E-state index is 12.4. The van der Waals surface area contributed by atoms with Gasteiger partial charge in [-0.25, -0.2) is 0 Å². The quantitative estimate of drug-likeness (QED) is 0.686. The number of hydrogen-bond donors (Lipinski definition) is 0. The maximum Gasteiger partial charge on any atom is 0.203 e. The predicted octanol–water partition coefficient (Wildman–Crippen LogP) is 2.57. The van der Waals surface area contributed by atoms with Gasteiger partial charge < -0.3 is 18.9 Å². The minimum absolute atomic E-state index is 0.0290. The fourth-order valence-electron chi connectivity index (χ4n) is 1.93. The van der Waals surface area contributed by atoms with E-state index in [0.717, 1.165) is 0 Å². The van der Waals surface area contributed by atoms with E-state index in [1.54, 1.807) is 19.2 Å². The summed E-state index contributed by atoms with van der Waals surface area (Å²) in [5.41, 5.74) is 0.545. The van der Waals surface area contributed by atoms with Crippen LogP contribution in [0.4, 0.5) is 0 Å². The number of ketones is 1. The van der Waals surface area contributed by atoms with Gasteiger partial charge in [0.1, 0.15) is 0 Å². The Hall–Kier alpha value is -1.75. The molecular formula is C15H22O5. The van der Waals surface area contributed by atoms with Crippen LogP contribution in [0.1, 0.15) is 23.7 Å². The summed E-state index contributed by atoms with van der Waals surface area (Å²) in [6, 6.07) is 3.35. The van der Waals surface area contributed by atoms with Crippen LogP contribution in [0.5, 0.6) is 17.2 Å². The number of rotatable bonds is 8. The maximum absolute atomic E-state index is 12.4. The normalized spacial score (nSPS) is 11.8. The molecule has 0 radical (unpaired) electrons. The van der Waals surface area contributed by atoms with E-state index in [2.05, 4.69) is 0 Å². The van der Waals surface area contributed by atoms with E-state index in [4.69, 9.17) is 18.9 Å². The Balaban J connectivity index is 3.09. The standard InChI is InChI=1S/C15H22O5/c1-10(6-7-17-2)14(16)11-8-12(18-3)15(20-5)13(9-11)19-4/h8-10H,6-7H2,1-5H3. The van der Waals surface area contributed by atoms with Crippen molar-refractivity contribution in [3.05, 3.63) is 17.7 Å². The molecular weight excluding hydrogens is 260 g/mol. The number of benzene rings is 1. The van der Waals surface area contributed by atoms with Gasteiger partial charge in [0.15, 0.2) is 17.3 Å². The molecule has 1 atom stereocenters. The van der Waals surface area contributed by atoms with Crippen LogP contribution in [-0.4, -0.2) is 40.8 Å². The van der Waals surface area contributed by atoms with Crippen LogP contribution < -0.4 is 14.2 Å². The molecule has 0 saturated heterocycles. The van der Waals surface area contributed by atoms with Gasteiger partial charge in [0.05, 0.1) is 21.3 Å². The molecule has 20 heavy (non-hydrogen) atoms. The van der Waals surface area contributed by atoms with E-state index in [1.165, 1.54) is 21.3 Å². The smallest absolute Gasteiger partial charge is 0.203 e. The van der Waals surface area contributed by atoms with Crippen LogP contribution in [0, 0.1) is 5.92 Å². The van der Waals surface area contributed by atoms with E-state index in [0.29, 0.717) is 35.8 Å². The Labute approximate surface area is 119 Å². The molecule has 1 aromatic rings. The molecule has 5 heteroatoms. The van der Waals surface area contributed by atoms with Crippen molar-refractivity contribution < 1.29 is 23.7 Å². The van der Waals surface area contributed by atoms with Crippen LogP contribution >= 0.6 is 0 Å². The number of carbonyl (C=O) groups excluding carboxylic acids is 1. The first-order valence-electron chi connectivity index (χ1n) is 6.42. The summed E-state index contributed by atoms with van der Waals surface area (Å²) in [6.45, 7) is 2.43. The lowest BCUT2D eigenvalue weighted by Gasteiger charge is -2.15. The molecule has 0 aliphatic heterocycles. The second-order valence-corrected chi connectivity index (χ2v) is 4.46. The number of methoxy groups -OCH3 is 4. The zero-order valence-corrected chi connectivity index (χ0v) is 12.7. The summed E-state index contributed by atoms with van der Waals surface area (Å²) in [6.07, 6.45) is 0.673. The lowest BCUT2D eigenvalue weighted by atomic mass is 9.96. The van der Waals surface area contributed by atoms with Gasteiger partial charge in [-0.15, -0.1) is 0 Å². The summed E-state index contributed by atoms with van der Waals surface area (Å²) in [5, 5.41) is 0. The van der Waals surface area contributed by atoms with Gasteiger partial charge in [0.25, 0.3) is 0 Å². The molecule has 0 fully saturated rings. The number of carbonyl (C=O) groups is 1. The highest BCUT2D eigenvalue weighted by Gasteiger charge is 2.20. The van der Waals surface area contributed by atoms with Gasteiger partial charge in [-0.3, -0.25) is 4.79 Å². The van der Waals surface area contributed by atoms with Crippen LogP contribution in [0.3, 0.4) is 0 Å². The van der Waals surface area contributed by atoms with Crippen LogP contribution in [0.15, 0.2) is 12.1 Å². The highest BCUT2D eigenvalue weighted by Crippen LogP contribution is 2.38. The first-order chi connectivity index (χ1) is 9.58. The van der Waals surface area contributed by atoms with Gasteiger partial charge in [-0.2, -0.15) is 0 Å². The summed E-state index contributed by atoms with van der Waals surface area (Å²) in [4.78, 5) is 12.4. The number of Topliss-reactive ketones (excluding diaryl/α,β-unsaturated/α-hetero) is 1. The topological polar surface area (TPSA) is 54.0 Å². The molecule has 0 bridgehead atoms. The Bertz CT molecular complexity index is 431. The molecule has 1 aromatic carbocycles. The second kappa shape index (κ2) is 7.75. The molecule has 112 valence electrons. The van der Waals surface area contributed by atoms with Gasteiger partial charge in [-0.05, 0) is 18.6 Å². The van der Waals surface area contributed by atoms with Crippen LogP contribution in [0.2, 0.25) is 0 Å². The van der Waals surface area contributed by atoms with E-state index in [1.807, 2.05) is 6.92 Å². The zero-order chi connectivity index (χ0) is 15.1. The summed E-state index contributed by atoms with van der Waals surface area (Å²) < 4.78 is 20.7. The van der Waals surface area contributed by atoms with Crippen molar-refractivity contribution in [2.75, 3.05) is 35.0 Å². The lowest BCUT2D eigenvalue weighted by molar-refractivity contribution is 0.0893. The van der Waals surface area contributed by atoms with Crippen LogP contribution in [0.25, 0.3) is 0 Å². The average molecular weight is 282 g/mol. The third kappa shape index (κ3) is 3.63. The first kappa shape index (κ1) is 16.3. The largest absolute Gasteiger partial charge is 0.493 e. The van der Waals surface area contributed by atoms with Gasteiger partial charge >= 0.3 is 0 Å². The van der Waals surface area contributed by atoms with Crippen molar-refractivity contribution >= 4 is 5.78 Å². The molecule has 0 aliphatic carbocycles. The van der Waals surface area contributed by atoms with E-state index in [9.17, 15) is 4.79 Å². The third-order valence-electron chi connectivity index (χ3n) is 3.15. The van der Waals surface area contributed by atoms with E-state index in [-0.39, 0.29) is 11.7 Å². The summed E-state index contributed by atoms with van der Waals surface area (Å²) >= 11 is 0. The Morgan fingerprint density at radius 3 is 2.00 bits per heavy atom. The Morgan fingerprint density at radius 2 is 1.60 bits per heavy atom. The van der Waals surface area contributed by atoms with Crippen molar-refractivity contribution in [2.24, 2.45) is 5.92 Å². The van der Waals surface area contributed by atoms with E-state index < -0.39 is 0 Å². The molecule has 1 unspecified atom stereocenters. The number of ether oxygens (including phenoxy) is 4. The van der Waals surface area contributed by atoms with E-state index >= 15 is 0 Å². The Morgan fingerprint density at radius 1 is 1.05 bits per heavy atom. The average Bonchev–Trinajstić information content (AvgIpc) is 2.49. The zero-order valence-electron chi connectivity index (χ0n) is 12.7.